The molecule has 1 aromatic carbocycles. The summed E-state index contributed by atoms with van der Waals surface area (Å²) in [6.45, 7) is -2.95. The van der Waals surface area contributed by atoms with E-state index in [1.807, 2.05) is 0 Å². The summed E-state index contributed by atoms with van der Waals surface area (Å²) in [6, 6.07) is 4.37. The molecule has 0 radical (unpaired) electrons. The molecule has 17 heavy (non-hydrogen) atoms. The Kier molecular flexibility index (Phi) is 5.85. The molecule has 0 bridgehead atoms. The van der Waals surface area contributed by atoms with E-state index in [0.717, 1.165) is 0 Å². The molecule has 1 aromatic rings. The number of hydrogen-bond donors (Lipinski definition) is 0. The number of ketones is 1. The van der Waals surface area contributed by atoms with Gasteiger partial charge in [-0.2, -0.15) is 8.78 Å². The number of rotatable bonds is 6. The molecule has 0 aliphatic carbocycles. The van der Waals surface area contributed by atoms with Gasteiger partial charge >= 0.3 is 6.61 Å². The number of carbonyl (C=O) groups excluding carboxylic acids is 1. The summed E-state index contributed by atoms with van der Waals surface area (Å²) in [5, 5.41) is 0.463. The van der Waals surface area contributed by atoms with Crippen molar-refractivity contribution in [2.75, 3.05) is 5.33 Å². The molecule has 0 spiro atoms. The topological polar surface area (TPSA) is 26.3 Å². The summed E-state index contributed by atoms with van der Waals surface area (Å²) in [7, 11) is 0. The van der Waals surface area contributed by atoms with E-state index < -0.39 is 6.61 Å². The maximum absolute atomic E-state index is 12.2. The van der Waals surface area contributed by atoms with E-state index in [0.29, 0.717) is 10.9 Å². The molecule has 0 saturated carbocycles. The third kappa shape index (κ3) is 4.24. The summed E-state index contributed by atoms with van der Waals surface area (Å²) in [5.74, 6) is -0.159. The molecule has 2 nitrogen and oxygen atoms in total. The van der Waals surface area contributed by atoms with Crippen LogP contribution in [0.3, 0.4) is 0 Å². The minimum atomic E-state index is -2.95. The molecule has 94 valence electrons. The van der Waals surface area contributed by atoms with Gasteiger partial charge in [0.2, 0.25) is 0 Å². The molecule has 0 atom stereocenters. The minimum Gasteiger partial charge on any atom is -0.434 e. The van der Waals surface area contributed by atoms with E-state index in [2.05, 4.69) is 20.7 Å². The third-order valence-corrected chi connectivity index (χ3v) is 2.74. The zero-order valence-corrected chi connectivity index (χ0v) is 11.1. The second kappa shape index (κ2) is 6.91. The van der Waals surface area contributed by atoms with E-state index in [1.165, 1.54) is 12.1 Å². The van der Waals surface area contributed by atoms with Gasteiger partial charge in [-0.3, -0.25) is 4.79 Å². The first kappa shape index (κ1) is 14.4. The van der Waals surface area contributed by atoms with Gasteiger partial charge in [-0.1, -0.05) is 22.0 Å². The quantitative estimate of drug-likeness (QED) is 0.583. The molecule has 0 saturated heterocycles. The maximum Gasteiger partial charge on any atom is 0.387 e. The standard InChI is InChI=1S/C11H10BrClF2O2/c12-4-3-9(16)8-5-7(6-13)1-2-10(8)17-11(14)15/h1-2,5,11H,3-4,6H2. The van der Waals surface area contributed by atoms with Gasteiger partial charge in [-0.15, -0.1) is 11.6 Å². The van der Waals surface area contributed by atoms with Gasteiger partial charge in [0, 0.05) is 17.6 Å². The summed E-state index contributed by atoms with van der Waals surface area (Å²) in [5.41, 5.74) is 0.828. The Labute approximate surface area is 111 Å². The van der Waals surface area contributed by atoms with Crippen LogP contribution in [0.4, 0.5) is 8.78 Å². The van der Waals surface area contributed by atoms with E-state index in [1.54, 1.807) is 6.07 Å². The molecule has 6 heteroatoms. The fourth-order valence-electron chi connectivity index (χ4n) is 1.30. The smallest absolute Gasteiger partial charge is 0.387 e. The van der Waals surface area contributed by atoms with Crippen molar-refractivity contribution in [2.24, 2.45) is 0 Å². The predicted octanol–water partition coefficient (Wildman–Crippen LogP) is 3.99. The molecular formula is C11H10BrClF2O2. The van der Waals surface area contributed by atoms with Crippen LogP contribution >= 0.6 is 27.5 Å². The van der Waals surface area contributed by atoms with E-state index in [4.69, 9.17) is 11.6 Å². The van der Waals surface area contributed by atoms with Gasteiger partial charge in [-0.05, 0) is 17.7 Å². The lowest BCUT2D eigenvalue weighted by Gasteiger charge is -2.10. The van der Waals surface area contributed by atoms with Gasteiger partial charge in [0.15, 0.2) is 5.78 Å². The first-order valence-electron chi connectivity index (χ1n) is 4.81. The Morgan fingerprint density at radius 3 is 2.71 bits per heavy atom. The van der Waals surface area contributed by atoms with Gasteiger partial charge in [0.1, 0.15) is 5.75 Å². The van der Waals surface area contributed by atoms with Crippen LogP contribution in [0, 0.1) is 0 Å². The molecule has 0 fully saturated rings. The van der Waals surface area contributed by atoms with Crippen LogP contribution in [0.15, 0.2) is 18.2 Å². The van der Waals surface area contributed by atoms with Crippen molar-refractivity contribution in [2.45, 2.75) is 18.9 Å². The molecule has 0 aromatic heterocycles. The second-order valence-electron chi connectivity index (χ2n) is 3.20. The fourth-order valence-corrected chi connectivity index (χ4v) is 1.82. The molecule has 0 N–H and O–H groups in total. The summed E-state index contributed by atoms with van der Waals surface area (Å²) < 4.78 is 28.6. The molecule has 0 aliphatic rings. The number of Topliss-reactive ketones (excluding diaryl/α,β-unsaturated/α-hetero) is 1. The van der Waals surface area contributed by atoms with Crippen molar-refractivity contribution < 1.29 is 18.3 Å². The average molecular weight is 328 g/mol. The zero-order valence-electron chi connectivity index (χ0n) is 8.76. The van der Waals surface area contributed by atoms with Crippen LogP contribution in [0.1, 0.15) is 22.3 Å². The summed E-state index contributed by atoms with van der Waals surface area (Å²) >= 11 is 8.75. The lowest BCUT2D eigenvalue weighted by molar-refractivity contribution is -0.0501. The highest BCUT2D eigenvalue weighted by Crippen LogP contribution is 2.24. The molecule has 1 rings (SSSR count). The van der Waals surface area contributed by atoms with E-state index in [9.17, 15) is 13.6 Å². The Balaban J connectivity index is 3.06. The number of halogens is 4. The highest BCUT2D eigenvalue weighted by molar-refractivity contribution is 9.09. The SMILES string of the molecule is O=C(CCBr)c1cc(CCl)ccc1OC(F)F. The van der Waals surface area contributed by atoms with Crippen LogP contribution in [0.2, 0.25) is 0 Å². The van der Waals surface area contributed by atoms with Crippen molar-refractivity contribution in [3.8, 4) is 5.75 Å². The first-order valence-corrected chi connectivity index (χ1v) is 6.47. The van der Waals surface area contributed by atoms with Crippen LogP contribution < -0.4 is 4.74 Å². The number of hydrogen-bond acceptors (Lipinski definition) is 2. The van der Waals surface area contributed by atoms with Crippen LogP contribution in [0.5, 0.6) is 5.75 Å². The molecular weight excluding hydrogens is 317 g/mol. The monoisotopic (exact) mass is 326 g/mol. The van der Waals surface area contributed by atoms with Gasteiger partial charge in [-0.25, -0.2) is 0 Å². The Hall–Kier alpha value is -0.680. The lowest BCUT2D eigenvalue weighted by atomic mass is 10.1. The van der Waals surface area contributed by atoms with Crippen molar-refractivity contribution in [1.29, 1.82) is 0 Å². The summed E-state index contributed by atoms with van der Waals surface area (Å²) in [4.78, 5) is 11.7. The Bertz CT molecular complexity index is 399. The van der Waals surface area contributed by atoms with E-state index >= 15 is 0 Å². The normalized spacial score (nSPS) is 10.6. The highest BCUT2D eigenvalue weighted by atomic mass is 79.9. The van der Waals surface area contributed by atoms with Gasteiger partial charge in [0.05, 0.1) is 5.56 Å². The molecule has 0 heterocycles. The third-order valence-electron chi connectivity index (χ3n) is 2.04. The van der Waals surface area contributed by atoms with E-state index in [-0.39, 0.29) is 29.4 Å². The zero-order chi connectivity index (χ0) is 12.8. The summed E-state index contributed by atoms with van der Waals surface area (Å²) in [6.07, 6.45) is 0.214. The van der Waals surface area contributed by atoms with Crippen molar-refractivity contribution in [1.82, 2.24) is 0 Å². The highest BCUT2D eigenvalue weighted by Gasteiger charge is 2.15. The van der Waals surface area contributed by atoms with Crippen LogP contribution in [-0.4, -0.2) is 17.7 Å². The van der Waals surface area contributed by atoms with Crippen molar-refractivity contribution in [3.63, 3.8) is 0 Å². The van der Waals surface area contributed by atoms with Gasteiger partial charge in [0.25, 0.3) is 0 Å². The Morgan fingerprint density at radius 1 is 1.47 bits per heavy atom. The van der Waals surface area contributed by atoms with Crippen molar-refractivity contribution in [3.05, 3.63) is 29.3 Å². The predicted molar refractivity (Wildman–Crippen MR) is 65.4 cm³/mol. The minimum absolute atomic E-state index is 0.111. The van der Waals surface area contributed by atoms with Crippen LogP contribution in [-0.2, 0) is 5.88 Å². The van der Waals surface area contributed by atoms with Crippen molar-refractivity contribution >= 4 is 33.3 Å². The molecule has 0 amide bonds. The number of alkyl halides is 4. The molecule has 0 unspecified atom stereocenters. The second-order valence-corrected chi connectivity index (χ2v) is 4.27. The molecule has 0 aliphatic heterocycles. The number of benzene rings is 1. The average Bonchev–Trinajstić information content (AvgIpc) is 2.29. The Morgan fingerprint density at radius 2 is 2.18 bits per heavy atom. The van der Waals surface area contributed by atoms with Gasteiger partial charge < -0.3 is 4.74 Å². The first-order chi connectivity index (χ1) is 8.08. The number of ether oxygens (including phenoxy) is 1. The maximum atomic E-state index is 12.2. The number of carbonyl (C=O) groups is 1. The largest absolute Gasteiger partial charge is 0.434 e. The van der Waals surface area contributed by atoms with Crippen LogP contribution in [0.25, 0.3) is 0 Å². The fraction of sp³-hybridized carbons (Fsp3) is 0.364. The lowest BCUT2D eigenvalue weighted by Crippen LogP contribution is -2.09.